The van der Waals surface area contributed by atoms with Crippen LogP contribution in [-0.2, 0) is 6.42 Å². The topological polar surface area (TPSA) is 12.0 Å². The summed E-state index contributed by atoms with van der Waals surface area (Å²) < 4.78 is 0. The van der Waals surface area contributed by atoms with Gasteiger partial charge in [-0.05, 0) is 61.1 Å². The highest BCUT2D eigenvalue weighted by molar-refractivity contribution is 5.36. The van der Waals surface area contributed by atoms with E-state index < -0.39 is 0 Å². The predicted molar refractivity (Wildman–Crippen MR) is 76.9 cm³/mol. The lowest BCUT2D eigenvalue weighted by Crippen LogP contribution is -2.56. The Labute approximate surface area is 111 Å². The van der Waals surface area contributed by atoms with Crippen LogP contribution in [0.2, 0.25) is 0 Å². The summed E-state index contributed by atoms with van der Waals surface area (Å²) in [5.41, 5.74) is 3.27. The monoisotopic (exact) mass is 243 g/mol. The lowest BCUT2D eigenvalue weighted by Gasteiger charge is -2.51. The minimum atomic E-state index is 0.765. The smallest absolute Gasteiger partial charge is 0.0133 e. The number of rotatable bonds is 3. The number of benzene rings is 1. The molecule has 1 fully saturated rings. The Morgan fingerprint density at radius 3 is 2.94 bits per heavy atom. The maximum atomic E-state index is 3.78. The molecule has 1 N–H and O–H groups in total. The SMILES string of the molecule is CCCNC1C(C)C2c3ccccc3CCCC12. The second kappa shape index (κ2) is 5.05. The van der Waals surface area contributed by atoms with Crippen LogP contribution in [-0.4, -0.2) is 12.6 Å². The van der Waals surface area contributed by atoms with Crippen LogP contribution in [0.3, 0.4) is 0 Å². The first-order chi connectivity index (χ1) is 8.83. The summed E-state index contributed by atoms with van der Waals surface area (Å²) in [4.78, 5) is 0. The minimum Gasteiger partial charge on any atom is -0.313 e. The largest absolute Gasteiger partial charge is 0.313 e. The summed E-state index contributed by atoms with van der Waals surface area (Å²) in [6.07, 6.45) is 5.31. The standard InChI is InChI=1S/C17H25N/c1-3-11-18-17-12(2)16-14-9-5-4-7-13(14)8-6-10-15(16)17/h4-5,7,9,12,15-18H,3,6,8,10-11H2,1-2H3. The molecule has 4 unspecified atom stereocenters. The molecule has 1 nitrogen and oxygen atoms in total. The van der Waals surface area contributed by atoms with Gasteiger partial charge in [0, 0.05) is 6.04 Å². The van der Waals surface area contributed by atoms with Crippen LogP contribution >= 0.6 is 0 Å². The number of fused-ring (bicyclic) bond motifs is 3. The quantitative estimate of drug-likeness (QED) is 0.852. The Morgan fingerprint density at radius 2 is 2.11 bits per heavy atom. The highest BCUT2D eigenvalue weighted by Crippen LogP contribution is 2.52. The van der Waals surface area contributed by atoms with E-state index >= 15 is 0 Å². The molecule has 18 heavy (non-hydrogen) atoms. The van der Waals surface area contributed by atoms with Crippen molar-refractivity contribution in [3.63, 3.8) is 0 Å². The molecule has 0 radical (unpaired) electrons. The molecule has 0 bridgehead atoms. The fraction of sp³-hybridized carbons (Fsp3) is 0.647. The first kappa shape index (κ1) is 12.2. The van der Waals surface area contributed by atoms with E-state index in [0.717, 1.165) is 23.8 Å². The molecule has 3 rings (SSSR count). The fourth-order valence-electron chi connectivity index (χ4n) is 4.22. The third-order valence-electron chi connectivity index (χ3n) is 5.08. The summed E-state index contributed by atoms with van der Waals surface area (Å²) >= 11 is 0. The van der Waals surface area contributed by atoms with Crippen molar-refractivity contribution in [1.29, 1.82) is 0 Å². The molecule has 2 aliphatic rings. The molecule has 0 amide bonds. The van der Waals surface area contributed by atoms with Crippen LogP contribution in [0.4, 0.5) is 0 Å². The second-order valence-electron chi connectivity index (χ2n) is 6.12. The van der Waals surface area contributed by atoms with Crippen LogP contribution in [0.5, 0.6) is 0 Å². The molecule has 1 aromatic carbocycles. The van der Waals surface area contributed by atoms with Crippen molar-refractivity contribution in [2.75, 3.05) is 6.54 Å². The molecule has 0 aromatic heterocycles. The van der Waals surface area contributed by atoms with E-state index in [2.05, 4.69) is 43.4 Å². The van der Waals surface area contributed by atoms with Crippen molar-refractivity contribution in [3.8, 4) is 0 Å². The van der Waals surface area contributed by atoms with Gasteiger partial charge in [-0.15, -0.1) is 0 Å². The highest BCUT2D eigenvalue weighted by Gasteiger charge is 2.48. The first-order valence-corrected chi connectivity index (χ1v) is 7.64. The van der Waals surface area contributed by atoms with Crippen LogP contribution in [0, 0.1) is 11.8 Å². The number of aryl methyl sites for hydroxylation is 1. The second-order valence-corrected chi connectivity index (χ2v) is 6.12. The zero-order chi connectivity index (χ0) is 12.5. The van der Waals surface area contributed by atoms with Gasteiger partial charge in [0.1, 0.15) is 0 Å². The van der Waals surface area contributed by atoms with Gasteiger partial charge < -0.3 is 5.32 Å². The maximum absolute atomic E-state index is 3.78. The normalized spacial score (nSPS) is 34.1. The average molecular weight is 243 g/mol. The van der Waals surface area contributed by atoms with E-state index in [0.29, 0.717) is 0 Å². The van der Waals surface area contributed by atoms with Gasteiger partial charge in [0.25, 0.3) is 0 Å². The zero-order valence-corrected chi connectivity index (χ0v) is 11.7. The third kappa shape index (κ3) is 1.89. The van der Waals surface area contributed by atoms with Crippen molar-refractivity contribution in [2.24, 2.45) is 11.8 Å². The minimum absolute atomic E-state index is 0.765. The van der Waals surface area contributed by atoms with E-state index in [-0.39, 0.29) is 0 Å². The van der Waals surface area contributed by atoms with Crippen LogP contribution in [0.1, 0.15) is 50.2 Å². The van der Waals surface area contributed by atoms with Gasteiger partial charge in [-0.25, -0.2) is 0 Å². The van der Waals surface area contributed by atoms with E-state index in [4.69, 9.17) is 0 Å². The van der Waals surface area contributed by atoms with E-state index in [9.17, 15) is 0 Å². The van der Waals surface area contributed by atoms with Crippen molar-refractivity contribution in [2.45, 2.75) is 51.5 Å². The van der Waals surface area contributed by atoms with Crippen molar-refractivity contribution < 1.29 is 0 Å². The highest BCUT2D eigenvalue weighted by atomic mass is 15.0. The lowest BCUT2D eigenvalue weighted by molar-refractivity contribution is 0.0766. The lowest BCUT2D eigenvalue weighted by atomic mass is 9.58. The summed E-state index contributed by atoms with van der Waals surface area (Å²) in [7, 11) is 0. The predicted octanol–water partition coefficient (Wildman–Crippen LogP) is 3.74. The van der Waals surface area contributed by atoms with Gasteiger partial charge in [-0.3, -0.25) is 0 Å². The molecule has 98 valence electrons. The zero-order valence-electron chi connectivity index (χ0n) is 11.7. The number of hydrogen-bond acceptors (Lipinski definition) is 1. The van der Waals surface area contributed by atoms with Gasteiger partial charge in [-0.2, -0.15) is 0 Å². The Morgan fingerprint density at radius 1 is 1.28 bits per heavy atom. The summed E-state index contributed by atoms with van der Waals surface area (Å²) in [6, 6.07) is 9.92. The van der Waals surface area contributed by atoms with Gasteiger partial charge in [0.2, 0.25) is 0 Å². The first-order valence-electron chi connectivity index (χ1n) is 7.64. The molecule has 2 aliphatic carbocycles. The third-order valence-corrected chi connectivity index (χ3v) is 5.08. The Hall–Kier alpha value is -0.820. The molecular weight excluding hydrogens is 218 g/mol. The molecule has 0 saturated heterocycles. The van der Waals surface area contributed by atoms with Crippen molar-refractivity contribution >= 4 is 0 Å². The maximum Gasteiger partial charge on any atom is 0.0133 e. The van der Waals surface area contributed by atoms with E-state index in [1.807, 2.05) is 0 Å². The van der Waals surface area contributed by atoms with Crippen molar-refractivity contribution in [3.05, 3.63) is 35.4 Å². The molecule has 1 saturated carbocycles. The van der Waals surface area contributed by atoms with Crippen LogP contribution in [0.15, 0.2) is 24.3 Å². The fourth-order valence-corrected chi connectivity index (χ4v) is 4.22. The Bertz CT molecular complexity index is 412. The Kier molecular flexibility index (Phi) is 3.43. The molecule has 1 heteroatoms. The number of nitrogens with one attached hydrogen (secondary N) is 1. The van der Waals surface area contributed by atoms with Gasteiger partial charge in [0.05, 0.1) is 0 Å². The molecule has 0 spiro atoms. The summed E-state index contributed by atoms with van der Waals surface area (Å²) in [5, 5.41) is 3.78. The summed E-state index contributed by atoms with van der Waals surface area (Å²) in [5.74, 6) is 2.51. The Balaban J connectivity index is 1.82. The number of hydrogen-bond donors (Lipinski definition) is 1. The molecular formula is C17H25N. The molecule has 4 atom stereocenters. The molecule has 1 aromatic rings. The average Bonchev–Trinajstić information content (AvgIpc) is 2.56. The summed E-state index contributed by atoms with van der Waals surface area (Å²) in [6.45, 7) is 5.88. The van der Waals surface area contributed by atoms with Crippen molar-refractivity contribution in [1.82, 2.24) is 5.32 Å². The van der Waals surface area contributed by atoms with Crippen LogP contribution in [0.25, 0.3) is 0 Å². The van der Waals surface area contributed by atoms with Crippen LogP contribution < -0.4 is 5.32 Å². The van der Waals surface area contributed by atoms with Gasteiger partial charge >= 0.3 is 0 Å². The van der Waals surface area contributed by atoms with E-state index in [1.54, 1.807) is 11.1 Å². The van der Waals surface area contributed by atoms with Gasteiger partial charge in [0.15, 0.2) is 0 Å². The molecule has 0 heterocycles. The van der Waals surface area contributed by atoms with E-state index in [1.165, 1.54) is 32.2 Å². The van der Waals surface area contributed by atoms with Gasteiger partial charge in [-0.1, -0.05) is 38.1 Å². The molecule has 0 aliphatic heterocycles.